The van der Waals surface area contributed by atoms with E-state index in [1.54, 1.807) is 0 Å². The largest absolute Gasteiger partial charge is 0.411 e. The van der Waals surface area contributed by atoms with Gasteiger partial charge in [-0.2, -0.15) is 0 Å². The predicted molar refractivity (Wildman–Crippen MR) is 96.3 cm³/mol. The van der Waals surface area contributed by atoms with Gasteiger partial charge in [0.05, 0.1) is 5.71 Å². The summed E-state index contributed by atoms with van der Waals surface area (Å²) in [5.74, 6) is 0. The molecule has 0 unspecified atom stereocenters. The summed E-state index contributed by atoms with van der Waals surface area (Å²) in [5, 5.41) is 12.5. The maximum atomic E-state index is 9.05. The summed E-state index contributed by atoms with van der Waals surface area (Å²) in [6, 6.07) is 15.3. The molecule has 1 aliphatic carbocycles. The van der Waals surface area contributed by atoms with Crippen LogP contribution in [0.15, 0.2) is 53.7 Å². The van der Waals surface area contributed by atoms with Gasteiger partial charge in [0.15, 0.2) is 0 Å². The zero-order chi connectivity index (χ0) is 16.1. The summed E-state index contributed by atoms with van der Waals surface area (Å²) in [5.41, 5.74) is 7.15. The molecule has 0 atom stereocenters. The highest BCUT2D eigenvalue weighted by Gasteiger charge is 2.17. The first-order chi connectivity index (χ1) is 11.3. The molecule has 0 aliphatic heterocycles. The Balaban J connectivity index is 1.60. The van der Waals surface area contributed by atoms with E-state index in [4.69, 9.17) is 5.21 Å². The Kier molecular flexibility index (Phi) is 4.92. The minimum atomic E-state index is 0.811. The lowest BCUT2D eigenvalue weighted by Gasteiger charge is -2.02. The fraction of sp³-hybridized carbons (Fsp3) is 0.286. The first-order valence-corrected chi connectivity index (χ1v) is 8.38. The highest BCUT2D eigenvalue weighted by molar-refractivity contribution is 6.04. The lowest BCUT2D eigenvalue weighted by molar-refractivity contribution is 0.318. The number of hydrogen-bond acceptors (Lipinski definition) is 2. The van der Waals surface area contributed by atoms with Crippen LogP contribution in [-0.4, -0.2) is 10.9 Å². The maximum Gasteiger partial charge on any atom is 0.0874 e. The van der Waals surface area contributed by atoms with E-state index >= 15 is 0 Å². The van der Waals surface area contributed by atoms with Crippen molar-refractivity contribution < 1.29 is 5.21 Å². The van der Waals surface area contributed by atoms with Crippen molar-refractivity contribution in [1.29, 1.82) is 0 Å². The minimum Gasteiger partial charge on any atom is -0.411 e. The van der Waals surface area contributed by atoms with E-state index in [0.717, 1.165) is 43.4 Å². The van der Waals surface area contributed by atoms with Crippen molar-refractivity contribution in [3.8, 4) is 0 Å². The van der Waals surface area contributed by atoms with E-state index in [2.05, 4.69) is 66.7 Å². The van der Waals surface area contributed by atoms with Gasteiger partial charge < -0.3 is 5.21 Å². The third kappa shape index (κ3) is 3.70. The molecule has 0 heterocycles. The quantitative estimate of drug-likeness (QED) is 0.610. The Morgan fingerprint density at radius 3 is 2.57 bits per heavy atom. The Labute approximate surface area is 138 Å². The van der Waals surface area contributed by atoms with Crippen molar-refractivity contribution in [1.82, 2.24) is 0 Å². The molecule has 1 aliphatic rings. The number of allylic oxidation sites excluding steroid dienone is 1. The lowest BCUT2D eigenvalue weighted by Crippen LogP contribution is -1.94. The van der Waals surface area contributed by atoms with Crippen molar-refractivity contribution in [3.63, 3.8) is 0 Å². The first-order valence-electron chi connectivity index (χ1n) is 8.38. The van der Waals surface area contributed by atoms with E-state index in [-0.39, 0.29) is 0 Å². The van der Waals surface area contributed by atoms with Gasteiger partial charge in [0.25, 0.3) is 0 Å². The fourth-order valence-corrected chi connectivity index (χ4v) is 3.09. The third-order valence-electron chi connectivity index (χ3n) is 4.54. The molecule has 2 aromatic rings. The number of nitrogens with zero attached hydrogens (tertiary/aromatic N) is 1. The number of benzene rings is 2. The van der Waals surface area contributed by atoms with E-state index in [9.17, 15) is 0 Å². The molecule has 0 saturated heterocycles. The molecule has 23 heavy (non-hydrogen) atoms. The molecule has 2 nitrogen and oxygen atoms in total. The molecule has 2 heteroatoms. The Hall–Kier alpha value is -2.35. The minimum absolute atomic E-state index is 0.811. The molecule has 118 valence electrons. The molecule has 0 spiro atoms. The Morgan fingerprint density at radius 2 is 1.83 bits per heavy atom. The standard InChI is InChI=1S/C21H23NO/c1-2-16-7-9-17(10-8-16)5-3-4-6-18-11-12-19-13-14-21(22-23)20(19)15-18/h4,6-12,15,23H,2-3,5,13-14H2,1H3/b6-4+,22-21+. The SMILES string of the molecule is CCc1ccc(CC/C=C/c2ccc3c(c2)/C(=N/O)CC3)cc1. The zero-order valence-electron chi connectivity index (χ0n) is 13.6. The van der Waals surface area contributed by atoms with Crippen LogP contribution in [0.5, 0.6) is 0 Å². The zero-order valence-corrected chi connectivity index (χ0v) is 13.6. The van der Waals surface area contributed by atoms with Crippen LogP contribution < -0.4 is 0 Å². The summed E-state index contributed by atoms with van der Waals surface area (Å²) in [6.07, 6.45) is 9.39. The summed E-state index contributed by atoms with van der Waals surface area (Å²) in [7, 11) is 0. The van der Waals surface area contributed by atoms with Crippen molar-refractivity contribution in [2.24, 2.45) is 5.16 Å². The molecular formula is C21H23NO. The van der Waals surface area contributed by atoms with Gasteiger partial charge in [-0.3, -0.25) is 0 Å². The van der Waals surface area contributed by atoms with Crippen LogP contribution in [0.25, 0.3) is 6.08 Å². The summed E-state index contributed by atoms with van der Waals surface area (Å²) < 4.78 is 0. The van der Waals surface area contributed by atoms with Gasteiger partial charge in [-0.15, -0.1) is 0 Å². The molecule has 0 bridgehead atoms. The first kappa shape index (κ1) is 15.5. The Morgan fingerprint density at radius 1 is 1.04 bits per heavy atom. The number of aryl methyl sites for hydroxylation is 3. The van der Waals surface area contributed by atoms with Crippen LogP contribution in [0.4, 0.5) is 0 Å². The van der Waals surface area contributed by atoms with E-state index in [1.165, 1.54) is 22.3 Å². The highest BCUT2D eigenvalue weighted by Crippen LogP contribution is 2.24. The van der Waals surface area contributed by atoms with Crippen molar-refractivity contribution in [3.05, 3.63) is 76.4 Å². The molecule has 0 radical (unpaired) electrons. The number of rotatable bonds is 5. The van der Waals surface area contributed by atoms with Gasteiger partial charge in [-0.25, -0.2) is 0 Å². The lowest BCUT2D eigenvalue weighted by atomic mass is 10.0. The topological polar surface area (TPSA) is 32.6 Å². The molecule has 3 rings (SSSR count). The Bertz CT molecular complexity index is 726. The van der Waals surface area contributed by atoms with Crippen molar-refractivity contribution >= 4 is 11.8 Å². The van der Waals surface area contributed by atoms with E-state index in [1.807, 2.05) is 0 Å². The fourth-order valence-electron chi connectivity index (χ4n) is 3.09. The average Bonchev–Trinajstić information content (AvgIpc) is 3.01. The second-order valence-electron chi connectivity index (χ2n) is 6.07. The molecule has 2 aromatic carbocycles. The number of hydrogen-bond donors (Lipinski definition) is 1. The van der Waals surface area contributed by atoms with E-state index < -0.39 is 0 Å². The molecule has 1 N–H and O–H groups in total. The van der Waals surface area contributed by atoms with Gasteiger partial charge in [0, 0.05) is 5.56 Å². The van der Waals surface area contributed by atoms with Crippen LogP contribution in [0.3, 0.4) is 0 Å². The molecule has 0 saturated carbocycles. The van der Waals surface area contributed by atoms with Gasteiger partial charge >= 0.3 is 0 Å². The highest BCUT2D eigenvalue weighted by atomic mass is 16.4. The van der Waals surface area contributed by atoms with Gasteiger partial charge in [0.2, 0.25) is 0 Å². The third-order valence-corrected chi connectivity index (χ3v) is 4.54. The smallest absolute Gasteiger partial charge is 0.0874 e. The maximum absolute atomic E-state index is 9.05. The second-order valence-corrected chi connectivity index (χ2v) is 6.07. The predicted octanol–water partition coefficient (Wildman–Crippen LogP) is 5.02. The molecule has 0 fully saturated rings. The summed E-state index contributed by atoms with van der Waals surface area (Å²) in [6.45, 7) is 2.18. The van der Waals surface area contributed by atoms with Gasteiger partial charge in [-0.1, -0.05) is 60.6 Å². The van der Waals surface area contributed by atoms with Crippen LogP contribution >= 0.6 is 0 Å². The molecular weight excluding hydrogens is 282 g/mol. The monoisotopic (exact) mass is 305 g/mol. The summed E-state index contributed by atoms with van der Waals surface area (Å²) in [4.78, 5) is 0. The number of fused-ring (bicyclic) bond motifs is 1. The average molecular weight is 305 g/mol. The van der Waals surface area contributed by atoms with Gasteiger partial charge in [0.1, 0.15) is 0 Å². The molecule has 0 aromatic heterocycles. The van der Waals surface area contributed by atoms with Gasteiger partial charge in [-0.05, 0) is 60.4 Å². The number of oxime groups is 1. The van der Waals surface area contributed by atoms with Crippen LogP contribution in [0.2, 0.25) is 0 Å². The van der Waals surface area contributed by atoms with Crippen molar-refractivity contribution in [2.45, 2.75) is 39.0 Å². The van der Waals surface area contributed by atoms with Crippen LogP contribution in [0, 0.1) is 0 Å². The summed E-state index contributed by atoms with van der Waals surface area (Å²) >= 11 is 0. The molecule has 0 amide bonds. The van der Waals surface area contributed by atoms with Crippen molar-refractivity contribution in [2.75, 3.05) is 0 Å². The normalized spacial score (nSPS) is 15.4. The second kappa shape index (κ2) is 7.28. The van der Waals surface area contributed by atoms with E-state index in [0.29, 0.717) is 0 Å². The van der Waals surface area contributed by atoms with Crippen LogP contribution in [-0.2, 0) is 19.3 Å². The van der Waals surface area contributed by atoms with Crippen LogP contribution in [0.1, 0.15) is 47.6 Å².